The summed E-state index contributed by atoms with van der Waals surface area (Å²) in [6, 6.07) is 2.02. The molecule has 0 aliphatic carbocycles. The van der Waals surface area contributed by atoms with Gasteiger partial charge in [0, 0.05) is 19.2 Å². The lowest BCUT2D eigenvalue weighted by Gasteiger charge is -2.05. The molecular weight excluding hydrogens is 274 g/mol. The molecule has 0 atom stereocenters. The predicted molar refractivity (Wildman–Crippen MR) is 79.4 cm³/mol. The Labute approximate surface area is 126 Å². The summed E-state index contributed by atoms with van der Waals surface area (Å²) in [5, 5.41) is 3.11. The number of ether oxygens (including phenoxy) is 4. The molecule has 0 saturated heterocycles. The molecule has 0 bridgehead atoms. The van der Waals surface area contributed by atoms with Gasteiger partial charge in [-0.25, -0.2) is 0 Å². The molecule has 0 aromatic carbocycles. The minimum atomic E-state index is 0.470. The summed E-state index contributed by atoms with van der Waals surface area (Å²) < 4.78 is 26.7. The zero-order chi connectivity index (χ0) is 15.3. The number of hydrogen-bond donors (Lipinski definition) is 1. The maximum Gasteiger partial charge on any atom is 0.130 e. The van der Waals surface area contributed by atoms with Crippen LogP contribution in [0.4, 0.5) is 0 Å². The summed E-state index contributed by atoms with van der Waals surface area (Å²) >= 11 is 0. The fourth-order valence-corrected chi connectivity index (χ4v) is 1.78. The first-order chi connectivity index (χ1) is 10.3. The van der Waals surface area contributed by atoms with Crippen LogP contribution in [-0.4, -0.2) is 53.8 Å². The third-order valence-corrected chi connectivity index (χ3v) is 2.86. The van der Waals surface area contributed by atoms with Gasteiger partial charge >= 0.3 is 0 Å². The average molecular weight is 301 g/mol. The van der Waals surface area contributed by atoms with Crippen LogP contribution < -0.4 is 5.32 Å². The van der Waals surface area contributed by atoms with Crippen LogP contribution in [0.15, 0.2) is 10.5 Å². The van der Waals surface area contributed by atoms with Gasteiger partial charge < -0.3 is 28.7 Å². The van der Waals surface area contributed by atoms with Gasteiger partial charge in [-0.1, -0.05) is 0 Å². The van der Waals surface area contributed by atoms with Crippen LogP contribution >= 0.6 is 0 Å². The molecule has 1 heterocycles. The van der Waals surface area contributed by atoms with Crippen molar-refractivity contribution in [1.29, 1.82) is 0 Å². The Morgan fingerprint density at radius 3 is 2.24 bits per heavy atom. The molecule has 0 saturated carbocycles. The molecule has 1 aromatic rings. The fourth-order valence-electron chi connectivity index (χ4n) is 1.78. The van der Waals surface area contributed by atoms with Crippen molar-refractivity contribution < 1.29 is 23.4 Å². The second kappa shape index (κ2) is 11.7. The normalized spacial score (nSPS) is 11.2. The first kappa shape index (κ1) is 18.1. The van der Waals surface area contributed by atoms with Gasteiger partial charge in [-0.15, -0.1) is 0 Å². The molecule has 6 nitrogen and oxygen atoms in total. The quantitative estimate of drug-likeness (QED) is 0.557. The number of methoxy groups -OCH3 is 1. The SMILES string of the molecule is CNCc1cc(COCCOCCOCCOC)oc1C. The topological polar surface area (TPSA) is 62.1 Å². The number of nitrogens with one attached hydrogen (secondary N) is 1. The molecule has 1 N–H and O–H groups in total. The van der Waals surface area contributed by atoms with E-state index in [-0.39, 0.29) is 0 Å². The molecule has 6 heteroatoms. The molecule has 0 radical (unpaired) electrons. The third-order valence-electron chi connectivity index (χ3n) is 2.86. The molecule has 0 aliphatic heterocycles. The van der Waals surface area contributed by atoms with Crippen LogP contribution in [0.5, 0.6) is 0 Å². The Kier molecular flexibility index (Phi) is 10.1. The first-order valence-corrected chi connectivity index (χ1v) is 7.23. The van der Waals surface area contributed by atoms with Crippen LogP contribution in [0.2, 0.25) is 0 Å². The van der Waals surface area contributed by atoms with Gasteiger partial charge in [0.2, 0.25) is 0 Å². The van der Waals surface area contributed by atoms with Crippen molar-refractivity contribution in [3.05, 3.63) is 23.2 Å². The van der Waals surface area contributed by atoms with Crippen LogP contribution in [0.25, 0.3) is 0 Å². The summed E-state index contributed by atoms with van der Waals surface area (Å²) in [5.74, 6) is 1.79. The van der Waals surface area contributed by atoms with E-state index < -0.39 is 0 Å². The summed E-state index contributed by atoms with van der Waals surface area (Å²) in [6.45, 7) is 6.69. The Hall–Kier alpha value is -0.920. The van der Waals surface area contributed by atoms with Crippen LogP contribution in [0, 0.1) is 6.92 Å². The van der Waals surface area contributed by atoms with Crippen LogP contribution in [-0.2, 0) is 32.1 Å². The Balaban J connectivity index is 1.98. The van der Waals surface area contributed by atoms with Crippen molar-refractivity contribution in [2.24, 2.45) is 0 Å². The molecule has 0 amide bonds. The number of rotatable bonds is 13. The summed E-state index contributed by atoms with van der Waals surface area (Å²) in [7, 11) is 3.57. The summed E-state index contributed by atoms with van der Waals surface area (Å²) in [6.07, 6.45) is 0. The summed E-state index contributed by atoms with van der Waals surface area (Å²) in [4.78, 5) is 0. The van der Waals surface area contributed by atoms with Crippen molar-refractivity contribution in [1.82, 2.24) is 5.32 Å². The minimum Gasteiger partial charge on any atom is -0.464 e. The van der Waals surface area contributed by atoms with Gasteiger partial charge in [0.15, 0.2) is 0 Å². The number of furan rings is 1. The van der Waals surface area contributed by atoms with Gasteiger partial charge in [0.05, 0.1) is 39.6 Å². The average Bonchev–Trinajstić information content (AvgIpc) is 2.82. The van der Waals surface area contributed by atoms with Crippen LogP contribution in [0.3, 0.4) is 0 Å². The maximum atomic E-state index is 5.61. The van der Waals surface area contributed by atoms with Crippen molar-refractivity contribution in [2.45, 2.75) is 20.1 Å². The zero-order valence-electron chi connectivity index (χ0n) is 13.3. The van der Waals surface area contributed by atoms with Crippen molar-refractivity contribution in [3.8, 4) is 0 Å². The standard InChI is InChI=1S/C15H27NO5/c1-13-14(11-16-2)10-15(21-13)12-20-9-8-19-7-6-18-5-4-17-3/h10,16H,4-9,11-12H2,1-3H3. The van der Waals surface area contributed by atoms with Crippen molar-refractivity contribution >= 4 is 0 Å². The molecule has 0 aliphatic rings. The Bertz CT molecular complexity index is 367. The Morgan fingerprint density at radius 1 is 1.00 bits per heavy atom. The van der Waals surface area contributed by atoms with E-state index in [0.717, 1.165) is 18.1 Å². The second-order valence-electron chi connectivity index (χ2n) is 4.59. The fraction of sp³-hybridized carbons (Fsp3) is 0.733. The molecule has 0 unspecified atom stereocenters. The first-order valence-electron chi connectivity index (χ1n) is 7.23. The third kappa shape index (κ3) is 8.18. The van der Waals surface area contributed by atoms with Gasteiger partial charge in [-0.05, 0) is 20.0 Å². The van der Waals surface area contributed by atoms with Gasteiger partial charge in [0.1, 0.15) is 18.1 Å². The monoisotopic (exact) mass is 301 g/mol. The lowest BCUT2D eigenvalue weighted by molar-refractivity contribution is -0.00132. The highest BCUT2D eigenvalue weighted by Crippen LogP contribution is 2.15. The number of hydrogen-bond acceptors (Lipinski definition) is 6. The van der Waals surface area contributed by atoms with E-state index in [0.29, 0.717) is 46.2 Å². The van der Waals surface area contributed by atoms with E-state index in [9.17, 15) is 0 Å². The molecular formula is C15H27NO5. The van der Waals surface area contributed by atoms with Crippen molar-refractivity contribution in [2.75, 3.05) is 53.8 Å². The van der Waals surface area contributed by atoms with E-state index in [4.69, 9.17) is 23.4 Å². The highest BCUT2D eigenvalue weighted by atomic mass is 16.6. The molecule has 21 heavy (non-hydrogen) atoms. The van der Waals surface area contributed by atoms with Gasteiger partial charge in [-0.3, -0.25) is 0 Å². The highest BCUT2D eigenvalue weighted by molar-refractivity contribution is 5.20. The van der Waals surface area contributed by atoms with Crippen LogP contribution in [0.1, 0.15) is 17.1 Å². The van der Waals surface area contributed by atoms with Crippen molar-refractivity contribution in [3.63, 3.8) is 0 Å². The lowest BCUT2D eigenvalue weighted by atomic mass is 10.2. The highest BCUT2D eigenvalue weighted by Gasteiger charge is 2.06. The molecule has 1 aromatic heterocycles. The minimum absolute atomic E-state index is 0.470. The van der Waals surface area contributed by atoms with E-state index in [1.54, 1.807) is 7.11 Å². The molecule has 0 fully saturated rings. The van der Waals surface area contributed by atoms with E-state index in [2.05, 4.69) is 5.32 Å². The summed E-state index contributed by atoms with van der Waals surface area (Å²) in [5.41, 5.74) is 1.17. The maximum absolute atomic E-state index is 5.61. The second-order valence-corrected chi connectivity index (χ2v) is 4.59. The molecule has 1 rings (SSSR count). The van der Waals surface area contributed by atoms with E-state index >= 15 is 0 Å². The number of aryl methyl sites for hydroxylation is 1. The van der Waals surface area contributed by atoms with Gasteiger partial charge in [0.25, 0.3) is 0 Å². The van der Waals surface area contributed by atoms with E-state index in [1.165, 1.54) is 5.56 Å². The zero-order valence-corrected chi connectivity index (χ0v) is 13.3. The molecule has 0 spiro atoms. The Morgan fingerprint density at radius 2 is 1.62 bits per heavy atom. The lowest BCUT2D eigenvalue weighted by Crippen LogP contribution is -2.11. The predicted octanol–water partition coefficient (Wildman–Crippen LogP) is 1.50. The largest absolute Gasteiger partial charge is 0.464 e. The van der Waals surface area contributed by atoms with Gasteiger partial charge in [-0.2, -0.15) is 0 Å². The smallest absolute Gasteiger partial charge is 0.130 e. The van der Waals surface area contributed by atoms with E-state index in [1.807, 2.05) is 20.0 Å². The molecule has 122 valence electrons.